The molecule has 0 aliphatic rings. The zero-order valence-corrected chi connectivity index (χ0v) is 9.57. The van der Waals surface area contributed by atoms with Crippen LogP contribution in [-0.2, 0) is 6.54 Å². The van der Waals surface area contributed by atoms with E-state index in [1.165, 1.54) is 16.7 Å². The van der Waals surface area contributed by atoms with E-state index < -0.39 is 0 Å². The lowest BCUT2D eigenvalue weighted by Gasteiger charge is -2.08. The summed E-state index contributed by atoms with van der Waals surface area (Å²) >= 11 is 0. The molecule has 0 atom stereocenters. The van der Waals surface area contributed by atoms with Crippen molar-refractivity contribution >= 4 is 5.95 Å². The van der Waals surface area contributed by atoms with E-state index in [4.69, 9.17) is 0 Å². The van der Waals surface area contributed by atoms with Crippen molar-refractivity contribution in [1.82, 2.24) is 9.97 Å². The van der Waals surface area contributed by atoms with Gasteiger partial charge in [0, 0.05) is 18.9 Å². The largest absolute Gasteiger partial charge is 0.350 e. The lowest BCUT2D eigenvalue weighted by atomic mass is 10.1. The number of nitrogens with one attached hydrogen (secondary N) is 1. The Bertz CT molecular complexity index is 466. The predicted molar refractivity (Wildman–Crippen MR) is 65.3 cm³/mol. The summed E-state index contributed by atoms with van der Waals surface area (Å²) in [6.45, 7) is 4.97. The van der Waals surface area contributed by atoms with Crippen LogP contribution in [0.25, 0.3) is 0 Å². The standard InChI is InChI=1S/C13H15N3/c1-10-4-5-11(2)12(8-10)9-16-13-14-6-3-7-15-13/h3-8H,9H2,1-2H3,(H,14,15,16). The topological polar surface area (TPSA) is 37.8 Å². The number of anilines is 1. The van der Waals surface area contributed by atoms with E-state index in [0.717, 1.165) is 6.54 Å². The Morgan fingerprint density at radius 1 is 1.12 bits per heavy atom. The van der Waals surface area contributed by atoms with Crippen LogP contribution in [0.4, 0.5) is 5.95 Å². The van der Waals surface area contributed by atoms with E-state index in [1.54, 1.807) is 12.4 Å². The van der Waals surface area contributed by atoms with E-state index in [2.05, 4.69) is 47.3 Å². The van der Waals surface area contributed by atoms with Crippen LogP contribution in [-0.4, -0.2) is 9.97 Å². The van der Waals surface area contributed by atoms with Crippen LogP contribution in [0.3, 0.4) is 0 Å². The molecule has 1 heterocycles. The highest BCUT2D eigenvalue weighted by Gasteiger charge is 1.99. The first-order valence-electron chi connectivity index (χ1n) is 5.33. The fourth-order valence-corrected chi connectivity index (χ4v) is 1.56. The first-order valence-corrected chi connectivity index (χ1v) is 5.33. The second-order valence-corrected chi connectivity index (χ2v) is 3.86. The Hall–Kier alpha value is -1.90. The molecule has 0 fully saturated rings. The van der Waals surface area contributed by atoms with Gasteiger partial charge in [0.15, 0.2) is 0 Å². The Labute approximate surface area is 95.6 Å². The summed E-state index contributed by atoms with van der Waals surface area (Å²) in [5.41, 5.74) is 3.85. The second-order valence-electron chi connectivity index (χ2n) is 3.86. The van der Waals surface area contributed by atoms with Crippen LogP contribution >= 0.6 is 0 Å². The molecule has 0 amide bonds. The molecular weight excluding hydrogens is 198 g/mol. The molecule has 0 spiro atoms. The molecular formula is C13H15N3. The lowest BCUT2D eigenvalue weighted by Crippen LogP contribution is -2.04. The van der Waals surface area contributed by atoms with Gasteiger partial charge in [0.2, 0.25) is 5.95 Å². The summed E-state index contributed by atoms with van der Waals surface area (Å²) in [6.07, 6.45) is 3.47. The molecule has 1 aromatic heterocycles. The van der Waals surface area contributed by atoms with Gasteiger partial charge in [-0.15, -0.1) is 0 Å². The van der Waals surface area contributed by atoms with Crippen molar-refractivity contribution in [3.63, 3.8) is 0 Å². The zero-order chi connectivity index (χ0) is 11.4. The monoisotopic (exact) mass is 213 g/mol. The molecule has 0 aliphatic carbocycles. The van der Waals surface area contributed by atoms with Gasteiger partial charge in [-0.3, -0.25) is 0 Å². The number of aromatic nitrogens is 2. The molecule has 3 heteroatoms. The number of nitrogens with zero attached hydrogens (tertiary/aromatic N) is 2. The smallest absolute Gasteiger partial charge is 0.222 e. The van der Waals surface area contributed by atoms with Crippen molar-refractivity contribution in [1.29, 1.82) is 0 Å². The molecule has 0 radical (unpaired) electrons. The van der Waals surface area contributed by atoms with Crippen molar-refractivity contribution in [2.45, 2.75) is 20.4 Å². The number of hydrogen-bond acceptors (Lipinski definition) is 3. The molecule has 2 aromatic rings. The minimum atomic E-state index is 0.670. The predicted octanol–water partition coefficient (Wildman–Crippen LogP) is 2.71. The number of hydrogen-bond donors (Lipinski definition) is 1. The highest BCUT2D eigenvalue weighted by atomic mass is 15.1. The second kappa shape index (κ2) is 4.75. The average Bonchev–Trinajstić information content (AvgIpc) is 2.32. The highest BCUT2D eigenvalue weighted by molar-refractivity contribution is 5.34. The summed E-state index contributed by atoms with van der Waals surface area (Å²) in [7, 11) is 0. The molecule has 0 saturated heterocycles. The highest BCUT2D eigenvalue weighted by Crippen LogP contribution is 2.11. The Morgan fingerprint density at radius 2 is 1.88 bits per heavy atom. The molecule has 1 N–H and O–H groups in total. The zero-order valence-electron chi connectivity index (χ0n) is 9.57. The Morgan fingerprint density at radius 3 is 2.62 bits per heavy atom. The molecule has 2 rings (SSSR count). The SMILES string of the molecule is Cc1ccc(C)c(CNc2ncccn2)c1. The number of rotatable bonds is 3. The third-order valence-electron chi connectivity index (χ3n) is 2.51. The summed E-state index contributed by atoms with van der Waals surface area (Å²) in [5.74, 6) is 0.670. The maximum Gasteiger partial charge on any atom is 0.222 e. The first-order chi connectivity index (χ1) is 7.75. The van der Waals surface area contributed by atoms with Crippen molar-refractivity contribution in [3.05, 3.63) is 53.3 Å². The lowest BCUT2D eigenvalue weighted by molar-refractivity contribution is 1.04. The summed E-state index contributed by atoms with van der Waals surface area (Å²) in [4.78, 5) is 8.25. The van der Waals surface area contributed by atoms with E-state index in [1.807, 2.05) is 6.07 Å². The van der Waals surface area contributed by atoms with Crippen LogP contribution in [0.15, 0.2) is 36.7 Å². The number of benzene rings is 1. The van der Waals surface area contributed by atoms with Crippen LogP contribution in [0, 0.1) is 13.8 Å². The maximum absolute atomic E-state index is 4.12. The summed E-state index contributed by atoms with van der Waals surface area (Å²) < 4.78 is 0. The fraction of sp³-hybridized carbons (Fsp3) is 0.231. The van der Waals surface area contributed by atoms with E-state index in [0.29, 0.717) is 5.95 Å². The van der Waals surface area contributed by atoms with E-state index >= 15 is 0 Å². The third-order valence-corrected chi connectivity index (χ3v) is 2.51. The number of aryl methyl sites for hydroxylation is 2. The van der Waals surface area contributed by atoms with Crippen molar-refractivity contribution < 1.29 is 0 Å². The van der Waals surface area contributed by atoms with Gasteiger partial charge in [-0.25, -0.2) is 9.97 Å². The quantitative estimate of drug-likeness (QED) is 0.851. The van der Waals surface area contributed by atoms with Gasteiger partial charge in [-0.1, -0.05) is 23.8 Å². The van der Waals surface area contributed by atoms with Gasteiger partial charge in [0.25, 0.3) is 0 Å². The van der Waals surface area contributed by atoms with Crippen LogP contribution in [0.5, 0.6) is 0 Å². The molecule has 82 valence electrons. The molecule has 0 unspecified atom stereocenters. The van der Waals surface area contributed by atoms with Crippen molar-refractivity contribution in [2.75, 3.05) is 5.32 Å². The molecule has 0 bridgehead atoms. The van der Waals surface area contributed by atoms with Crippen molar-refractivity contribution in [2.24, 2.45) is 0 Å². The molecule has 3 nitrogen and oxygen atoms in total. The van der Waals surface area contributed by atoms with Gasteiger partial charge in [0.1, 0.15) is 0 Å². The van der Waals surface area contributed by atoms with E-state index in [-0.39, 0.29) is 0 Å². The first kappa shape index (κ1) is 10.6. The van der Waals surface area contributed by atoms with Gasteiger partial charge < -0.3 is 5.32 Å². The molecule has 0 saturated carbocycles. The van der Waals surface area contributed by atoms with Gasteiger partial charge in [-0.2, -0.15) is 0 Å². The van der Waals surface area contributed by atoms with Gasteiger partial charge in [-0.05, 0) is 31.0 Å². The Balaban J connectivity index is 2.08. The van der Waals surface area contributed by atoms with Gasteiger partial charge >= 0.3 is 0 Å². The van der Waals surface area contributed by atoms with Crippen LogP contribution in [0.2, 0.25) is 0 Å². The normalized spacial score (nSPS) is 10.1. The molecule has 1 aromatic carbocycles. The van der Waals surface area contributed by atoms with Gasteiger partial charge in [0.05, 0.1) is 0 Å². The van der Waals surface area contributed by atoms with Crippen LogP contribution < -0.4 is 5.32 Å². The minimum Gasteiger partial charge on any atom is -0.350 e. The molecule has 16 heavy (non-hydrogen) atoms. The van der Waals surface area contributed by atoms with E-state index in [9.17, 15) is 0 Å². The summed E-state index contributed by atoms with van der Waals surface area (Å²) in [6, 6.07) is 8.25. The maximum atomic E-state index is 4.12. The fourth-order valence-electron chi connectivity index (χ4n) is 1.56. The van der Waals surface area contributed by atoms with Crippen LogP contribution in [0.1, 0.15) is 16.7 Å². The molecule has 0 aliphatic heterocycles. The summed E-state index contributed by atoms with van der Waals surface area (Å²) in [5, 5.41) is 3.21. The average molecular weight is 213 g/mol. The third kappa shape index (κ3) is 2.57. The Kier molecular flexibility index (Phi) is 3.15. The van der Waals surface area contributed by atoms with Crippen molar-refractivity contribution in [3.8, 4) is 0 Å². The minimum absolute atomic E-state index is 0.670.